The summed E-state index contributed by atoms with van der Waals surface area (Å²) < 4.78 is 1.13. The minimum absolute atomic E-state index is 0.206. The molecule has 0 unspecified atom stereocenters. The zero-order valence-corrected chi connectivity index (χ0v) is 12.8. The second-order valence-corrected chi connectivity index (χ2v) is 6.64. The van der Waals surface area contributed by atoms with Gasteiger partial charge in [0, 0.05) is 27.7 Å². The first-order valence-corrected chi connectivity index (χ1v) is 8.11. The lowest BCUT2D eigenvalue weighted by atomic mass is 9.94. The fourth-order valence-electron chi connectivity index (χ4n) is 2.23. The lowest BCUT2D eigenvalue weighted by Gasteiger charge is -2.21. The number of thiophene rings is 1. The van der Waals surface area contributed by atoms with Crippen molar-refractivity contribution in [1.82, 2.24) is 10.6 Å². The van der Waals surface area contributed by atoms with Gasteiger partial charge in [0.05, 0.1) is 0 Å². The predicted octanol–water partition coefficient (Wildman–Crippen LogP) is 2.56. The van der Waals surface area contributed by atoms with Crippen molar-refractivity contribution in [1.29, 1.82) is 0 Å². The maximum Gasteiger partial charge on any atom is 0.220 e. The normalized spacial score (nSPS) is 16.7. The molecule has 0 bridgehead atoms. The van der Waals surface area contributed by atoms with Crippen LogP contribution < -0.4 is 10.6 Å². The van der Waals surface area contributed by atoms with Gasteiger partial charge in [0.15, 0.2) is 0 Å². The molecule has 0 radical (unpaired) electrons. The Morgan fingerprint density at radius 2 is 2.28 bits per heavy atom. The van der Waals surface area contributed by atoms with E-state index in [0.717, 1.165) is 43.4 Å². The molecule has 0 saturated carbocycles. The van der Waals surface area contributed by atoms with Gasteiger partial charge in [-0.25, -0.2) is 0 Å². The van der Waals surface area contributed by atoms with Gasteiger partial charge in [-0.05, 0) is 60.3 Å². The van der Waals surface area contributed by atoms with Crippen molar-refractivity contribution >= 4 is 33.2 Å². The van der Waals surface area contributed by atoms with Crippen molar-refractivity contribution in [2.24, 2.45) is 5.92 Å². The first-order valence-electron chi connectivity index (χ1n) is 6.44. The molecule has 2 rings (SSSR count). The molecule has 0 aromatic carbocycles. The summed E-state index contributed by atoms with van der Waals surface area (Å²) in [6.07, 6.45) is 3.88. The largest absolute Gasteiger partial charge is 0.356 e. The van der Waals surface area contributed by atoms with Crippen LogP contribution in [0.15, 0.2) is 15.9 Å². The van der Waals surface area contributed by atoms with Gasteiger partial charge >= 0.3 is 0 Å². The lowest BCUT2D eigenvalue weighted by molar-refractivity contribution is -0.122. The molecule has 5 heteroatoms. The smallest absolute Gasteiger partial charge is 0.220 e. The fraction of sp³-hybridized carbons (Fsp3) is 0.615. The van der Waals surface area contributed by atoms with Crippen LogP contribution in [0.1, 0.15) is 24.1 Å². The van der Waals surface area contributed by atoms with Crippen LogP contribution in [0.3, 0.4) is 0 Å². The summed E-state index contributed by atoms with van der Waals surface area (Å²) in [5.74, 6) is 0.777. The quantitative estimate of drug-likeness (QED) is 0.871. The monoisotopic (exact) mass is 330 g/mol. The Balaban J connectivity index is 1.62. The number of hydrogen-bond donors (Lipinski definition) is 2. The molecule has 0 spiro atoms. The van der Waals surface area contributed by atoms with Gasteiger partial charge < -0.3 is 10.6 Å². The summed E-state index contributed by atoms with van der Waals surface area (Å²) in [5.41, 5.74) is 0. The number of rotatable bonds is 5. The number of halogens is 1. The summed E-state index contributed by atoms with van der Waals surface area (Å²) >= 11 is 5.17. The number of hydrogen-bond acceptors (Lipinski definition) is 3. The molecule has 1 aliphatic heterocycles. The van der Waals surface area contributed by atoms with Crippen LogP contribution in [0, 0.1) is 5.92 Å². The Hall–Kier alpha value is -0.390. The van der Waals surface area contributed by atoms with Gasteiger partial charge in [0.1, 0.15) is 0 Å². The molecule has 2 heterocycles. The molecule has 1 aromatic rings. The Kier molecular flexibility index (Phi) is 5.66. The average Bonchev–Trinajstić information content (AvgIpc) is 2.76. The fourth-order valence-corrected chi connectivity index (χ4v) is 3.69. The Labute approximate surface area is 120 Å². The van der Waals surface area contributed by atoms with Gasteiger partial charge in [-0.3, -0.25) is 4.79 Å². The van der Waals surface area contributed by atoms with Crippen molar-refractivity contribution in [2.75, 3.05) is 19.6 Å². The van der Waals surface area contributed by atoms with Crippen molar-refractivity contribution in [3.63, 3.8) is 0 Å². The van der Waals surface area contributed by atoms with E-state index in [9.17, 15) is 4.79 Å². The van der Waals surface area contributed by atoms with Crippen molar-refractivity contribution in [3.8, 4) is 0 Å². The molecule has 0 atom stereocenters. The molecule has 1 aromatic heterocycles. The standard InChI is InChI=1S/C13H19BrN2OS/c14-11-8-12(18-9-11)3-6-16-13(17)7-10-1-4-15-5-2-10/h8-10,15H,1-7H2,(H,16,17). The Bertz CT molecular complexity index is 388. The zero-order valence-electron chi connectivity index (χ0n) is 10.4. The van der Waals surface area contributed by atoms with Gasteiger partial charge in [-0.15, -0.1) is 11.3 Å². The van der Waals surface area contributed by atoms with E-state index in [4.69, 9.17) is 0 Å². The molecule has 18 heavy (non-hydrogen) atoms. The molecule has 3 nitrogen and oxygen atoms in total. The summed E-state index contributed by atoms with van der Waals surface area (Å²) in [4.78, 5) is 13.1. The minimum Gasteiger partial charge on any atom is -0.356 e. The van der Waals surface area contributed by atoms with E-state index in [2.05, 4.69) is 38.0 Å². The molecule has 1 fully saturated rings. The Morgan fingerprint density at radius 1 is 1.50 bits per heavy atom. The van der Waals surface area contributed by atoms with Crippen LogP contribution in [0.2, 0.25) is 0 Å². The van der Waals surface area contributed by atoms with Crippen LogP contribution in [-0.2, 0) is 11.2 Å². The zero-order chi connectivity index (χ0) is 12.8. The van der Waals surface area contributed by atoms with E-state index in [1.165, 1.54) is 4.88 Å². The van der Waals surface area contributed by atoms with Crippen LogP contribution in [0.5, 0.6) is 0 Å². The molecular weight excluding hydrogens is 312 g/mol. The van der Waals surface area contributed by atoms with Crippen LogP contribution in [0.4, 0.5) is 0 Å². The molecule has 100 valence electrons. The predicted molar refractivity (Wildman–Crippen MR) is 78.9 cm³/mol. The van der Waals surface area contributed by atoms with Crippen molar-refractivity contribution < 1.29 is 4.79 Å². The van der Waals surface area contributed by atoms with Gasteiger partial charge in [-0.2, -0.15) is 0 Å². The first-order chi connectivity index (χ1) is 8.74. The highest BCUT2D eigenvalue weighted by molar-refractivity contribution is 9.10. The van der Waals surface area contributed by atoms with E-state index in [1.54, 1.807) is 11.3 Å². The second-order valence-electron chi connectivity index (χ2n) is 4.73. The number of piperidine rings is 1. The highest BCUT2D eigenvalue weighted by Gasteiger charge is 2.16. The third-order valence-corrected chi connectivity index (χ3v) is 5.01. The van der Waals surface area contributed by atoms with Gasteiger partial charge in [-0.1, -0.05) is 0 Å². The molecular formula is C13H19BrN2OS. The SMILES string of the molecule is O=C(CC1CCNCC1)NCCc1cc(Br)cs1. The van der Waals surface area contributed by atoms with E-state index >= 15 is 0 Å². The highest BCUT2D eigenvalue weighted by Crippen LogP contribution is 2.20. The maximum absolute atomic E-state index is 11.8. The topological polar surface area (TPSA) is 41.1 Å². The molecule has 2 N–H and O–H groups in total. The number of nitrogens with one attached hydrogen (secondary N) is 2. The maximum atomic E-state index is 11.8. The number of carbonyl (C=O) groups excluding carboxylic acids is 1. The van der Waals surface area contributed by atoms with Gasteiger partial charge in [0.2, 0.25) is 5.91 Å². The van der Waals surface area contributed by atoms with E-state index < -0.39 is 0 Å². The summed E-state index contributed by atoms with van der Waals surface area (Å²) in [7, 11) is 0. The second kappa shape index (κ2) is 7.26. The van der Waals surface area contributed by atoms with Crippen molar-refractivity contribution in [2.45, 2.75) is 25.7 Å². The van der Waals surface area contributed by atoms with Crippen LogP contribution in [-0.4, -0.2) is 25.5 Å². The first kappa shape index (κ1) is 14.0. The van der Waals surface area contributed by atoms with Crippen LogP contribution in [0.25, 0.3) is 0 Å². The molecule has 0 aliphatic carbocycles. The highest BCUT2D eigenvalue weighted by atomic mass is 79.9. The number of carbonyl (C=O) groups is 1. The molecule has 1 amide bonds. The number of amides is 1. The van der Waals surface area contributed by atoms with E-state index in [1.807, 2.05) is 0 Å². The minimum atomic E-state index is 0.206. The Morgan fingerprint density at radius 3 is 2.94 bits per heavy atom. The molecule has 1 aliphatic rings. The van der Waals surface area contributed by atoms with E-state index in [0.29, 0.717) is 12.3 Å². The lowest BCUT2D eigenvalue weighted by Crippen LogP contribution is -2.32. The summed E-state index contributed by atoms with van der Waals surface area (Å²) in [6, 6.07) is 2.11. The summed E-state index contributed by atoms with van der Waals surface area (Å²) in [5, 5.41) is 8.42. The summed E-state index contributed by atoms with van der Waals surface area (Å²) in [6.45, 7) is 2.86. The van der Waals surface area contributed by atoms with E-state index in [-0.39, 0.29) is 5.91 Å². The van der Waals surface area contributed by atoms with Crippen LogP contribution >= 0.6 is 27.3 Å². The average molecular weight is 331 g/mol. The van der Waals surface area contributed by atoms with Gasteiger partial charge in [0.25, 0.3) is 0 Å². The molecule has 1 saturated heterocycles. The van der Waals surface area contributed by atoms with Crippen molar-refractivity contribution in [3.05, 3.63) is 20.8 Å². The third kappa shape index (κ3) is 4.71. The third-order valence-electron chi connectivity index (χ3n) is 3.25.